The molecule has 0 bridgehead atoms. The minimum atomic E-state index is -0.133. The Bertz CT molecular complexity index is 1320. The highest BCUT2D eigenvalue weighted by Crippen LogP contribution is 2.21. The van der Waals surface area contributed by atoms with Crippen molar-refractivity contribution in [2.75, 3.05) is 13.1 Å². The predicted molar refractivity (Wildman–Crippen MR) is 121 cm³/mol. The number of hydrogen-bond donors (Lipinski definition) is 0. The van der Waals surface area contributed by atoms with Crippen molar-refractivity contribution in [1.29, 1.82) is 0 Å². The van der Waals surface area contributed by atoms with Gasteiger partial charge < -0.3 is 9.09 Å². The summed E-state index contributed by atoms with van der Waals surface area (Å²) in [6.07, 6.45) is 5.98. The lowest BCUT2D eigenvalue weighted by Crippen LogP contribution is -2.33. The molecule has 1 atom stereocenters. The molecule has 0 amide bonds. The molecule has 0 aliphatic carbocycles. The first-order valence-electron chi connectivity index (χ1n) is 11.2. The first-order chi connectivity index (χ1) is 15.5. The van der Waals surface area contributed by atoms with Crippen molar-refractivity contribution < 1.29 is 4.52 Å². The molecule has 1 saturated heterocycles. The van der Waals surface area contributed by atoms with Gasteiger partial charge in [0.2, 0.25) is 5.89 Å². The average molecular weight is 433 g/mol. The lowest BCUT2D eigenvalue weighted by molar-refractivity contribution is 0.157. The van der Waals surface area contributed by atoms with E-state index >= 15 is 0 Å². The second-order valence-electron chi connectivity index (χ2n) is 8.98. The normalized spacial score (nSPS) is 17.3. The largest absolute Gasteiger partial charge is 0.338 e. The number of rotatable bonds is 5. The molecule has 0 saturated carbocycles. The molecule has 0 radical (unpaired) electrons. The van der Waals surface area contributed by atoms with Crippen molar-refractivity contribution in [3.05, 3.63) is 69.9 Å². The van der Waals surface area contributed by atoms with Crippen LogP contribution in [0.3, 0.4) is 0 Å². The molecule has 8 heteroatoms. The quantitative estimate of drug-likeness (QED) is 0.481. The van der Waals surface area contributed by atoms with Gasteiger partial charge in [0.25, 0.3) is 5.56 Å². The van der Waals surface area contributed by atoms with E-state index in [9.17, 15) is 4.79 Å². The maximum absolute atomic E-state index is 13.1. The van der Waals surface area contributed by atoms with Crippen molar-refractivity contribution in [3.8, 4) is 11.3 Å². The van der Waals surface area contributed by atoms with Crippen molar-refractivity contribution in [2.45, 2.75) is 46.7 Å². The second kappa shape index (κ2) is 8.35. The highest BCUT2D eigenvalue weighted by molar-refractivity contribution is 5.66. The number of piperidine rings is 1. The summed E-state index contributed by atoms with van der Waals surface area (Å²) in [5.74, 6) is 1.80. The zero-order valence-electron chi connectivity index (χ0n) is 18.8. The van der Waals surface area contributed by atoms with Crippen LogP contribution >= 0.6 is 0 Å². The zero-order chi connectivity index (χ0) is 22.2. The minimum Gasteiger partial charge on any atom is -0.338 e. The van der Waals surface area contributed by atoms with Gasteiger partial charge in [0.1, 0.15) is 5.52 Å². The monoisotopic (exact) mass is 432 g/mol. The lowest BCUT2D eigenvalue weighted by Gasteiger charge is -2.29. The van der Waals surface area contributed by atoms with E-state index in [1.807, 2.05) is 12.1 Å². The van der Waals surface area contributed by atoms with E-state index in [1.165, 1.54) is 24.0 Å². The van der Waals surface area contributed by atoms with Crippen LogP contribution in [0.1, 0.15) is 42.6 Å². The fourth-order valence-electron chi connectivity index (χ4n) is 4.39. The van der Waals surface area contributed by atoms with Gasteiger partial charge in [0, 0.05) is 24.5 Å². The van der Waals surface area contributed by atoms with Gasteiger partial charge in [-0.1, -0.05) is 24.2 Å². The van der Waals surface area contributed by atoms with Crippen LogP contribution in [0.15, 0.2) is 46.0 Å². The molecular weight excluding hydrogens is 404 g/mol. The number of hydrogen-bond acceptors (Lipinski definition) is 6. The number of fused-ring (bicyclic) bond motifs is 1. The molecule has 1 aromatic carbocycles. The highest BCUT2D eigenvalue weighted by Gasteiger charge is 2.19. The van der Waals surface area contributed by atoms with Crippen molar-refractivity contribution in [3.63, 3.8) is 0 Å². The molecule has 0 N–H and O–H groups in total. The smallest absolute Gasteiger partial charge is 0.277 e. The molecule has 4 aromatic rings. The van der Waals surface area contributed by atoms with Crippen molar-refractivity contribution >= 4 is 5.52 Å². The topological polar surface area (TPSA) is 81.5 Å². The molecule has 1 aliphatic rings. The Morgan fingerprint density at radius 3 is 2.81 bits per heavy atom. The van der Waals surface area contributed by atoms with Gasteiger partial charge in [-0.25, -0.2) is 4.52 Å². The standard InChI is InChI=1S/C24H28N6O2/c1-16-5-4-8-28(13-16)15-23-25-22(27-32-23)14-29-9-10-30-21(24(29)31)12-20(26-30)19-7-6-17(2)18(3)11-19/h6-7,9-12,16H,4-5,8,13-15H2,1-3H3. The summed E-state index contributed by atoms with van der Waals surface area (Å²) in [7, 11) is 0. The number of likely N-dealkylation sites (tertiary alicyclic amines) is 1. The summed E-state index contributed by atoms with van der Waals surface area (Å²) >= 11 is 0. The molecule has 166 valence electrons. The Balaban J connectivity index is 1.36. The fraction of sp³-hybridized carbons (Fsp3) is 0.417. The molecular formula is C24H28N6O2. The second-order valence-corrected chi connectivity index (χ2v) is 8.98. The van der Waals surface area contributed by atoms with Crippen LogP contribution in [0, 0.1) is 19.8 Å². The van der Waals surface area contributed by atoms with E-state index in [1.54, 1.807) is 21.5 Å². The van der Waals surface area contributed by atoms with Crippen LogP contribution in [0.2, 0.25) is 0 Å². The van der Waals surface area contributed by atoms with E-state index in [0.29, 0.717) is 29.7 Å². The van der Waals surface area contributed by atoms with Gasteiger partial charge in [-0.05, 0) is 62.4 Å². The van der Waals surface area contributed by atoms with E-state index < -0.39 is 0 Å². The summed E-state index contributed by atoms with van der Waals surface area (Å²) in [5, 5.41) is 8.68. The summed E-state index contributed by atoms with van der Waals surface area (Å²) in [6, 6.07) is 8.04. The Morgan fingerprint density at radius 1 is 1.12 bits per heavy atom. The number of nitrogens with zero attached hydrogens (tertiary/aromatic N) is 6. The van der Waals surface area contributed by atoms with E-state index in [0.717, 1.165) is 24.3 Å². The van der Waals surface area contributed by atoms with Crippen LogP contribution in [0.25, 0.3) is 16.8 Å². The van der Waals surface area contributed by atoms with Crippen LogP contribution < -0.4 is 5.56 Å². The first kappa shape index (κ1) is 20.6. The van der Waals surface area contributed by atoms with Crippen LogP contribution in [-0.4, -0.2) is 42.3 Å². The van der Waals surface area contributed by atoms with Crippen LogP contribution in [-0.2, 0) is 13.1 Å². The molecule has 8 nitrogen and oxygen atoms in total. The lowest BCUT2D eigenvalue weighted by atomic mass is 10.0. The zero-order valence-corrected chi connectivity index (χ0v) is 18.8. The van der Waals surface area contributed by atoms with E-state index in [2.05, 4.69) is 53.0 Å². The van der Waals surface area contributed by atoms with E-state index in [4.69, 9.17) is 4.52 Å². The van der Waals surface area contributed by atoms with Crippen LogP contribution in [0.5, 0.6) is 0 Å². The highest BCUT2D eigenvalue weighted by atomic mass is 16.5. The van der Waals surface area contributed by atoms with Gasteiger partial charge in [0.15, 0.2) is 5.82 Å². The molecule has 1 unspecified atom stereocenters. The summed E-state index contributed by atoms with van der Waals surface area (Å²) in [5.41, 5.74) is 4.59. The summed E-state index contributed by atoms with van der Waals surface area (Å²) in [6.45, 7) is 9.47. The predicted octanol–water partition coefficient (Wildman–Crippen LogP) is 3.44. The maximum atomic E-state index is 13.1. The Labute approximate surface area is 186 Å². The SMILES string of the molecule is Cc1ccc(-c2cc3c(=O)n(Cc4noc(CN5CCCC(C)C5)n4)ccn3n2)cc1C. The van der Waals surface area contributed by atoms with Gasteiger partial charge >= 0.3 is 0 Å². The first-order valence-corrected chi connectivity index (χ1v) is 11.2. The Kier molecular flexibility index (Phi) is 5.38. The van der Waals surface area contributed by atoms with Gasteiger partial charge in [-0.15, -0.1) is 0 Å². The van der Waals surface area contributed by atoms with Crippen molar-refractivity contribution in [1.82, 2.24) is 29.2 Å². The third kappa shape index (κ3) is 4.10. The number of aryl methyl sites for hydroxylation is 2. The molecule has 1 fully saturated rings. The van der Waals surface area contributed by atoms with Crippen molar-refractivity contribution in [2.24, 2.45) is 5.92 Å². The Morgan fingerprint density at radius 2 is 2.00 bits per heavy atom. The number of benzene rings is 1. The Hall–Kier alpha value is -3.26. The fourth-order valence-corrected chi connectivity index (χ4v) is 4.39. The molecule has 3 aromatic heterocycles. The third-order valence-electron chi connectivity index (χ3n) is 6.33. The minimum absolute atomic E-state index is 0.133. The molecule has 1 aliphatic heterocycles. The average Bonchev–Trinajstić information content (AvgIpc) is 3.39. The summed E-state index contributed by atoms with van der Waals surface area (Å²) < 4.78 is 8.67. The summed E-state index contributed by atoms with van der Waals surface area (Å²) in [4.78, 5) is 19.9. The molecule has 0 spiro atoms. The van der Waals surface area contributed by atoms with E-state index in [-0.39, 0.29) is 12.1 Å². The van der Waals surface area contributed by atoms with Gasteiger partial charge in [-0.2, -0.15) is 10.1 Å². The molecule has 4 heterocycles. The van der Waals surface area contributed by atoms with Gasteiger partial charge in [0.05, 0.1) is 18.8 Å². The number of aromatic nitrogens is 5. The maximum Gasteiger partial charge on any atom is 0.277 e. The molecule has 5 rings (SSSR count). The molecule has 32 heavy (non-hydrogen) atoms. The van der Waals surface area contributed by atoms with Crippen LogP contribution in [0.4, 0.5) is 0 Å². The van der Waals surface area contributed by atoms with Gasteiger partial charge in [-0.3, -0.25) is 9.69 Å². The third-order valence-corrected chi connectivity index (χ3v) is 6.33.